The van der Waals surface area contributed by atoms with Crippen molar-refractivity contribution in [2.45, 2.75) is 12.8 Å². The Labute approximate surface area is 147 Å². The third-order valence-corrected chi connectivity index (χ3v) is 3.60. The van der Waals surface area contributed by atoms with Gasteiger partial charge in [0.25, 0.3) is 0 Å². The number of oxazole rings is 1. The van der Waals surface area contributed by atoms with Crippen LogP contribution in [-0.4, -0.2) is 11.0 Å². The zero-order valence-electron chi connectivity index (χ0n) is 12.8. The van der Waals surface area contributed by atoms with Crippen LogP contribution < -0.4 is 4.74 Å². The van der Waals surface area contributed by atoms with E-state index in [1.54, 1.807) is 24.3 Å². The summed E-state index contributed by atoms with van der Waals surface area (Å²) in [5.74, 6) is -1.45. The number of rotatable bonds is 5. The molecule has 0 aliphatic carbocycles. The number of esters is 1. The van der Waals surface area contributed by atoms with Gasteiger partial charge in [-0.2, -0.15) is 0 Å². The number of nitrogens with zero attached hydrogens (tertiary/aromatic N) is 1. The van der Waals surface area contributed by atoms with Gasteiger partial charge in [0.15, 0.2) is 11.7 Å². The minimum absolute atomic E-state index is 0.00232. The molecule has 0 bridgehead atoms. The summed E-state index contributed by atoms with van der Waals surface area (Å²) in [6.45, 7) is 0. The Kier molecular flexibility index (Phi) is 5.09. The Morgan fingerprint density at radius 1 is 1.12 bits per heavy atom. The molecule has 0 radical (unpaired) electrons. The molecule has 0 saturated heterocycles. The van der Waals surface area contributed by atoms with Crippen molar-refractivity contribution in [3.8, 4) is 17.1 Å². The van der Waals surface area contributed by atoms with Crippen molar-refractivity contribution >= 4 is 17.6 Å². The lowest BCUT2D eigenvalue weighted by molar-refractivity contribution is -0.134. The number of aromatic nitrogens is 1. The molecule has 0 N–H and O–H groups in total. The molecule has 0 saturated carbocycles. The summed E-state index contributed by atoms with van der Waals surface area (Å²) in [5, 5.41) is 0.535. The van der Waals surface area contributed by atoms with Gasteiger partial charge in [-0.1, -0.05) is 17.7 Å². The van der Waals surface area contributed by atoms with Crippen LogP contribution in [0.5, 0.6) is 5.75 Å². The van der Waals surface area contributed by atoms with Gasteiger partial charge in [-0.3, -0.25) is 4.79 Å². The highest BCUT2D eigenvalue weighted by Crippen LogP contribution is 2.26. The largest absolute Gasteiger partial charge is 0.441 e. The van der Waals surface area contributed by atoms with Crippen molar-refractivity contribution in [2.75, 3.05) is 0 Å². The molecular weight excluding hydrogens is 352 g/mol. The fraction of sp³-hybridized carbons (Fsp3) is 0.111. The lowest BCUT2D eigenvalue weighted by Gasteiger charge is -2.03. The smallest absolute Gasteiger partial charge is 0.311 e. The number of hydrogen-bond acceptors (Lipinski definition) is 4. The number of carbonyl (C=O) groups excluding carboxylic acids is 1. The second-order valence-electron chi connectivity index (χ2n) is 5.14. The standard InChI is InChI=1S/C18H12ClF2NO3/c19-11-4-6-12(7-5-11)24-17(23)9-8-16-22-10-15(25-16)18-13(20)2-1-3-14(18)21/h1-7,10H,8-9H2. The molecule has 0 spiro atoms. The van der Waals surface area contributed by atoms with Crippen molar-refractivity contribution in [1.82, 2.24) is 4.98 Å². The number of carbonyl (C=O) groups is 1. The Morgan fingerprint density at radius 3 is 2.48 bits per heavy atom. The van der Waals surface area contributed by atoms with Crippen molar-refractivity contribution < 1.29 is 22.7 Å². The Morgan fingerprint density at radius 2 is 1.80 bits per heavy atom. The molecule has 1 aromatic heterocycles. The van der Waals surface area contributed by atoms with Crippen LogP contribution in [0.1, 0.15) is 12.3 Å². The predicted molar refractivity (Wildman–Crippen MR) is 87.3 cm³/mol. The molecular formula is C18H12ClF2NO3. The molecule has 0 unspecified atom stereocenters. The minimum Gasteiger partial charge on any atom is -0.441 e. The average Bonchev–Trinajstić information content (AvgIpc) is 3.04. The molecule has 0 aliphatic rings. The van der Waals surface area contributed by atoms with Crippen LogP contribution in [0.2, 0.25) is 5.02 Å². The van der Waals surface area contributed by atoms with E-state index in [1.165, 1.54) is 12.3 Å². The van der Waals surface area contributed by atoms with Gasteiger partial charge in [-0.15, -0.1) is 0 Å². The first kappa shape index (κ1) is 17.1. The van der Waals surface area contributed by atoms with Crippen LogP contribution in [0, 0.1) is 11.6 Å². The summed E-state index contributed by atoms with van der Waals surface area (Å²) < 4.78 is 37.9. The Balaban J connectivity index is 1.62. The minimum atomic E-state index is -0.746. The summed E-state index contributed by atoms with van der Waals surface area (Å²) in [6, 6.07) is 9.88. The van der Waals surface area contributed by atoms with E-state index >= 15 is 0 Å². The van der Waals surface area contributed by atoms with Gasteiger partial charge in [-0.05, 0) is 36.4 Å². The molecule has 7 heteroatoms. The molecule has 25 heavy (non-hydrogen) atoms. The Bertz CT molecular complexity index is 873. The van der Waals surface area contributed by atoms with E-state index in [1.807, 2.05) is 0 Å². The third kappa shape index (κ3) is 4.22. The molecule has 3 rings (SSSR count). The van der Waals surface area contributed by atoms with E-state index in [0.29, 0.717) is 10.8 Å². The monoisotopic (exact) mass is 363 g/mol. The van der Waals surface area contributed by atoms with E-state index in [4.69, 9.17) is 20.8 Å². The molecule has 3 aromatic rings. The first-order valence-electron chi connectivity index (χ1n) is 7.38. The fourth-order valence-corrected chi connectivity index (χ4v) is 2.29. The van der Waals surface area contributed by atoms with Crippen LogP contribution in [0.15, 0.2) is 53.1 Å². The van der Waals surface area contributed by atoms with E-state index in [-0.39, 0.29) is 30.1 Å². The number of benzene rings is 2. The van der Waals surface area contributed by atoms with Gasteiger partial charge in [-0.25, -0.2) is 13.8 Å². The number of aryl methyl sites for hydroxylation is 1. The second-order valence-corrected chi connectivity index (χ2v) is 5.58. The molecule has 0 amide bonds. The normalized spacial score (nSPS) is 10.7. The van der Waals surface area contributed by atoms with Gasteiger partial charge >= 0.3 is 5.97 Å². The molecule has 128 valence electrons. The molecule has 0 atom stereocenters. The Hall–Kier alpha value is -2.73. The van der Waals surface area contributed by atoms with Crippen LogP contribution >= 0.6 is 11.6 Å². The van der Waals surface area contributed by atoms with Crippen molar-refractivity contribution in [3.63, 3.8) is 0 Å². The van der Waals surface area contributed by atoms with Crippen molar-refractivity contribution in [2.24, 2.45) is 0 Å². The van der Waals surface area contributed by atoms with Crippen LogP contribution in [0.4, 0.5) is 8.78 Å². The zero-order chi connectivity index (χ0) is 17.8. The van der Waals surface area contributed by atoms with Gasteiger partial charge in [0.2, 0.25) is 0 Å². The van der Waals surface area contributed by atoms with Gasteiger partial charge < -0.3 is 9.15 Å². The molecule has 0 aliphatic heterocycles. The molecule has 2 aromatic carbocycles. The second kappa shape index (κ2) is 7.44. The molecule has 4 nitrogen and oxygen atoms in total. The lowest BCUT2D eigenvalue weighted by Crippen LogP contribution is -2.09. The van der Waals surface area contributed by atoms with Gasteiger partial charge in [0, 0.05) is 11.4 Å². The highest BCUT2D eigenvalue weighted by molar-refractivity contribution is 6.30. The maximum atomic E-state index is 13.7. The summed E-state index contributed by atoms with van der Waals surface area (Å²) in [6.07, 6.45) is 1.37. The summed E-state index contributed by atoms with van der Waals surface area (Å²) in [7, 11) is 0. The van der Waals surface area contributed by atoms with Crippen molar-refractivity contribution in [1.29, 1.82) is 0 Å². The summed E-state index contributed by atoms with van der Waals surface area (Å²) >= 11 is 5.75. The fourth-order valence-electron chi connectivity index (χ4n) is 2.17. The highest BCUT2D eigenvalue weighted by atomic mass is 35.5. The topological polar surface area (TPSA) is 52.3 Å². The van der Waals surface area contributed by atoms with Crippen LogP contribution in [0.3, 0.4) is 0 Å². The van der Waals surface area contributed by atoms with Gasteiger partial charge in [0.05, 0.1) is 18.2 Å². The average molecular weight is 364 g/mol. The van der Waals surface area contributed by atoms with Crippen LogP contribution in [-0.2, 0) is 11.2 Å². The van der Waals surface area contributed by atoms with E-state index in [0.717, 1.165) is 12.1 Å². The van der Waals surface area contributed by atoms with Crippen LogP contribution in [0.25, 0.3) is 11.3 Å². The first-order chi connectivity index (χ1) is 12.0. The lowest BCUT2D eigenvalue weighted by atomic mass is 10.1. The summed E-state index contributed by atoms with van der Waals surface area (Å²) in [4.78, 5) is 15.8. The maximum absolute atomic E-state index is 13.7. The summed E-state index contributed by atoms with van der Waals surface area (Å²) in [5.41, 5.74) is -0.287. The number of hydrogen-bond donors (Lipinski definition) is 0. The molecule has 1 heterocycles. The first-order valence-corrected chi connectivity index (χ1v) is 7.76. The van der Waals surface area contributed by atoms with E-state index < -0.39 is 17.6 Å². The zero-order valence-corrected chi connectivity index (χ0v) is 13.6. The quantitative estimate of drug-likeness (QED) is 0.482. The molecule has 0 fully saturated rings. The van der Waals surface area contributed by atoms with E-state index in [2.05, 4.69) is 4.98 Å². The maximum Gasteiger partial charge on any atom is 0.311 e. The SMILES string of the molecule is O=C(CCc1ncc(-c2c(F)cccc2F)o1)Oc1ccc(Cl)cc1. The number of ether oxygens (including phenoxy) is 1. The van der Waals surface area contributed by atoms with Crippen molar-refractivity contribution in [3.05, 3.63) is 71.2 Å². The number of halogens is 3. The van der Waals surface area contributed by atoms with E-state index in [9.17, 15) is 13.6 Å². The third-order valence-electron chi connectivity index (χ3n) is 3.35. The predicted octanol–water partition coefficient (Wildman–Crippen LogP) is 4.81. The highest BCUT2D eigenvalue weighted by Gasteiger charge is 2.16. The van der Waals surface area contributed by atoms with Gasteiger partial charge in [0.1, 0.15) is 17.4 Å².